The van der Waals surface area contributed by atoms with Gasteiger partial charge in [-0.3, -0.25) is 0 Å². The minimum Gasteiger partial charge on any atom is -0.396 e. The second kappa shape index (κ2) is 8.10. The molecule has 0 spiro atoms. The standard InChI is InChI=1S/C14H30N2O2/c1-3-5-13-10-14(11-15,7-9-18-13)16-12(4-2)6-8-17/h12-13,16-17H,3-11,15H2,1-2H3. The highest BCUT2D eigenvalue weighted by Gasteiger charge is 2.36. The summed E-state index contributed by atoms with van der Waals surface area (Å²) in [5, 5.41) is 12.8. The van der Waals surface area contributed by atoms with Gasteiger partial charge in [0.2, 0.25) is 0 Å². The zero-order valence-electron chi connectivity index (χ0n) is 12.0. The van der Waals surface area contributed by atoms with Crippen molar-refractivity contribution < 1.29 is 9.84 Å². The molecule has 1 saturated heterocycles. The summed E-state index contributed by atoms with van der Waals surface area (Å²) in [4.78, 5) is 0. The van der Waals surface area contributed by atoms with Crippen molar-refractivity contribution in [1.29, 1.82) is 0 Å². The molecule has 0 bridgehead atoms. The molecule has 18 heavy (non-hydrogen) atoms. The van der Waals surface area contributed by atoms with Crippen LogP contribution >= 0.6 is 0 Å². The number of hydrogen-bond acceptors (Lipinski definition) is 4. The average Bonchev–Trinajstić information content (AvgIpc) is 2.39. The van der Waals surface area contributed by atoms with Crippen molar-refractivity contribution in [2.75, 3.05) is 19.8 Å². The molecule has 4 nitrogen and oxygen atoms in total. The fraction of sp³-hybridized carbons (Fsp3) is 1.00. The predicted octanol–water partition coefficient (Wildman–Crippen LogP) is 1.41. The minimum absolute atomic E-state index is 0.00787. The molecular weight excluding hydrogens is 228 g/mol. The Morgan fingerprint density at radius 3 is 2.83 bits per heavy atom. The van der Waals surface area contributed by atoms with Crippen LogP contribution in [0.4, 0.5) is 0 Å². The van der Waals surface area contributed by atoms with Crippen molar-refractivity contribution in [1.82, 2.24) is 5.32 Å². The van der Waals surface area contributed by atoms with Gasteiger partial charge in [0.15, 0.2) is 0 Å². The van der Waals surface area contributed by atoms with Crippen LogP contribution in [0.25, 0.3) is 0 Å². The van der Waals surface area contributed by atoms with E-state index in [1.54, 1.807) is 0 Å². The normalized spacial score (nSPS) is 30.3. The smallest absolute Gasteiger partial charge is 0.0593 e. The van der Waals surface area contributed by atoms with Gasteiger partial charge in [-0.1, -0.05) is 20.3 Å². The van der Waals surface area contributed by atoms with Gasteiger partial charge in [-0.2, -0.15) is 0 Å². The fourth-order valence-corrected chi connectivity index (χ4v) is 2.87. The third-order valence-electron chi connectivity index (χ3n) is 4.03. The lowest BCUT2D eigenvalue weighted by Gasteiger charge is -2.43. The van der Waals surface area contributed by atoms with E-state index in [9.17, 15) is 0 Å². The van der Waals surface area contributed by atoms with Gasteiger partial charge < -0.3 is 20.9 Å². The molecule has 0 amide bonds. The van der Waals surface area contributed by atoms with E-state index in [4.69, 9.17) is 15.6 Å². The zero-order valence-corrected chi connectivity index (χ0v) is 12.0. The van der Waals surface area contributed by atoms with E-state index in [1.807, 2.05) is 0 Å². The van der Waals surface area contributed by atoms with Crippen molar-refractivity contribution in [2.24, 2.45) is 5.73 Å². The highest BCUT2D eigenvalue weighted by Crippen LogP contribution is 2.27. The summed E-state index contributed by atoms with van der Waals surface area (Å²) >= 11 is 0. The van der Waals surface area contributed by atoms with Crippen LogP contribution in [0, 0.1) is 0 Å². The van der Waals surface area contributed by atoms with Gasteiger partial charge in [-0.15, -0.1) is 0 Å². The molecule has 108 valence electrons. The number of nitrogens with one attached hydrogen (secondary N) is 1. The molecule has 1 aliphatic rings. The summed E-state index contributed by atoms with van der Waals surface area (Å²) < 4.78 is 5.81. The molecule has 0 aromatic heterocycles. The van der Waals surface area contributed by atoms with Gasteiger partial charge in [0.05, 0.1) is 6.10 Å². The molecule has 3 atom stereocenters. The first-order valence-corrected chi connectivity index (χ1v) is 7.40. The van der Waals surface area contributed by atoms with Crippen molar-refractivity contribution in [3.05, 3.63) is 0 Å². The number of nitrogens with two attached hydrogens (primary N) is 1. The largest absolute Gasteiger partial charge is 0.396 e. The monoisotopic (exact) mass is 258 g/mol. The van der Waals surface area contributed by atoms with Crippen LogP contribution in [0.3, 0.4) is 0 Å². The molecule has 0 aromatic carbocycles. The Morgan fingerprint density at radius 2 is 2.28 bits per heavy atom. The molecule has 1 rings (SSSR count). The molecule has 1 aliphatic heterocycles. The summed E-state index contributed by atoms with van der Waals surface area (Å²) in [6.45, 7) is 6.03. The van der Waals surface area contributed by atoms with Crippen LogP contribution < -0.4 is 11.1 Å². The lowest BCUT2D eigenvalue weighted by atomic mass is 9.84. The fourth-order valence-electron chi connectivity index (χ4n) is 2.87. The van der Waals surface area contributed by atoms with E-state index in [1.165, 1.54) is 0 Å². The molecule has 1 fully saturated rings. The maximum absolute atomic E-state index is 9.09. The van der Waals surface area contributed by atoms with E-state index in [0.29, 0.717) is 18.7 Å². The molecule has 4 heteroatoms. The van der Waals surface area contributed by atoms with E-state index in [2.05, 4.69) is 19.2 Å². The summed E-state index contributed by atoms with van der Waals surface area (Å²) in [6.07, 6.45) is 6.41. The second-order valence-electron chi connectivity index (χ2n) is 5.48. The topological polar surface area (TPSA) is 67.5 Å². The SMILES string of the molecule is CCCC1CC(CN)(NC(CC)CCO)CCO1. The van der Waals surface area contributed by atoms with Gasteiger partial charge in [0, 0.05) is 31.3 Å². The molecule has 4 N–H and O–H groups in total. The van der Waals surface area contributed by atoms with E-state index in [-0.39, 0.29) is 12.1 Å². The molecule has 3 unspecified atom stereocenters. The predicted molar refractivity (Wildman–Crippen MR) is 74.6 cm³/mol. The molecule has 1 heterocycles. The Labute approximate surface area is 111 Å². The van der Waals surface area contributed by atoms with Crippen LogP contribution in [0.15, 0.2) is 0 Å². The highest BCUT2D eigenvalue weighted by molar-refractivity contribution is 4.96. The number of aliphatic hydroxyl groups excluding tert-OH is 1. The average molecular weight is 258 g/mol. The zero-order chi connectivity index (χ0) is 13.4. The maximum atomic E-state index is 9.09. The molecule has 0 aliphatic carbocycles. The van der Waals surface area contributed by atoms with Crippen LogP contribution in [-0.4, -0.2) is 42.5 Å². The Hall–Kier alpha value is -0.160. The summed E-state index contributed by atoms with van der Waals surface area (Å²) in [7, 11) is 0. The molecule has 0 aromatic rings. The number of rotatable bonds is 8. The molecule has 0 saturated carbocycles. The van der Waals surface area contributed by atoms with Gasteiger partial charge in [-0.05, 0) is 32.1 Å². The number of ether oxygens (including phenoxy) is 1. The third-order valence-corrected chi connectivity index (χ3v) is 4.03. The summed E-state index contributed by atoms with van der Waals surface area (Å²) in [5.41, 5.74) is 6.02. The van der Waals surface area contributed by atoms with Crippen molar-refractivity contribution in [3.63, 3.8) is 0 Å². The Morgan fingerprint density at radius 1 is 1.50 bits per heavy atom. The summed E-state index contributed by atoms with van der Waals surface area (Å²) in [6, 6.07) is 0.360. The van der Waals surface area contributed by atoms with Crippen molar-refractivity contribution >= 4 is 0 Å². The van der Waals surface area contributed by atoms with E-state index in [0.717, 1.165) is 45.1 Å². The van der Waals surface area contributed by atoms with E-state index < -0.39 is 0 Å². The lowest BCUT2D eigenvalue weighted by molar-refractivity contribution is -0.0343. The second-order valence-corrected chi connectivity index (χ2v) is 5.48. The van der Waals surface area contributed by atoms with E-state index >= 15 is 0 Å². The first-order valence-electron chi connectivity index (χ1n) is 7.40. The first-order chi connectivity index (χ1) is 8.69. The Bertz CT molecular complexity index is 224. The lowest BCUT2D eigenvalue weighted by Crippen LogP contribution is -2.59. The van der Waals surface area contributed by atoms with Crippen LogP contribution in [0.2, 0.25) is 0 Å². The van der Waals surface area contributed by atoms with Crippen molar-refractivity contribution in [3.8, 4) is 0 Å². The molecule has 0 radical (unpaired) electrons. The van der Waals surface area contributed by atoms with Gasteiger partial charge in [-0.25, -0.2) is 0 Å². The molecular formula is C14H30N2O2. The van der Waals surface area contributed by atoms with Gasteiger partial charge >= 0.3 is 0 Å². The first kappa shape index (κ1) is 15.9. The Balaban J connectivity index is 2.59. The number of aliphatic hydroxyl groups is 1. The third kappa shape index (κ3) is 4.50. The number of hydrogen-bond donors (Lipinski definition) is 3. The quantitative estimate of drug-likeness (QED) is 0.616. The highest BCUT2D eigenvalue weighted by atomic mass is 16.5. The van der Waals surface area contributed by atoms with Gasteiger partial charge in [0.1, 0.15) is 0 Å². The Kier molecular flexibility index (Phi) is 7.15. The van der Waals surface area contributed by atoms with Crippen LogP contribution in [0.1, 0.15) is 52.4 Å². The van der Waals surface area contributed by atoms with Crippen LogP contribution in [0.5, 0.6) is 0 Å². The maximum Gasteiger partial charge on any atom is 0.0593 e. The summed E-state index contributed by atoms with van der Waals surface area (Å²) in [5.74, 6) is 0. The van der Waals surface area contributed by atoms with Crippen LogP contribution in [-0.2, 0) is 4.74 Å². The van der Waals surface area contributed by atoms with Gasteiger partial charge in [0.25, 0.3) is 0 Å². The van der Waals surface area contributed by atoms with Crippen molar-refractivity contribution in [2.45, 2.75) is 70.1 Å². The minimum atomic E-state index is 0.00787.